The van der Waals surface area contributed by atoms with E-state index in [1.54, 1.807) is 30.3 Å². The number of fused-ring (bicyclic) bond motifs is 1. The van der Waals surface area contributed by atoms with E-state index in [1.165, 1.54) is 6.08 Å². The van der Waals surface area contributed by atoms with Crippen molar-refractivity contribution in [2.45, 2.75) is 6.92 Å². The number of para-hydroxylation sites is 1. The van der Waals surface area contributed by atoms with Gasteiger partial charge in [0.05, 0.1) is 5.69 Å². The fourth-order valence-electron chi connectivity index (χ4n) is 2.87. The molecule has 6 nitrogen and oxygen atoms in total. The number of nitrogens with zero attached hydrogens (tertiary/aromatic N) is 1. The quantitative estimate of drug-likeness (QED) is 0.570. The fourth-order valence-corrected chi connectivity index (χ4v) is 2.87. The Morgan fingerprint density at radius 3 is 2.58 bits per heavy atom. The lowest BCUT2D eigenvalue weighted by Crippen LogP contribution is -2.54. The Bertz CT molecular complexity index is 1060. The summed E-state index contributed by atoms with van der Waals surface area (Å²) in [6, 6.07) is 15.3. The number of amides is 4. The molecule has 6 heteroatoms. The predicted octanol–water partition coefficient (Wildman–Crippen LogP) is 3.41. The van der Waals surface area contributed by atoms with Crippen molar-refractivity contribution in [2.24, 2.45) is 0 Å². The first-order chi connectivity index (χ1) is 12.5. The molecule has 0 spiro atoms. The summed E-state index contributed by atoms with van der Waals surface area (Å²) >= 11 is 0. The number of nitrogens with one attached hydrogen (secondary N) is 1. The lowest BCUT2D eigenvalue weighted by molar-refractivity contribution is -0.122. The van der Waals surface area contributed by atoms with Gasteiger partial charge in [0.25, 0.3) is 11.8 Å². The standard InChI is InChI=1S/C20H14N2O4/c1-12-5-4-7-14(9-12)22-19(24)16(18(23)21-20(22)25)11-15-10-13-6-2-3-8-17(13)26-15/h2-11H,1H3,(H,21,23,25)/b16-11+. The van der Waals surface area contributed by atoms with Crippen LogP contribution in [-0.4, -0.2) is 17.8 Å². The molecule has 2 aromatic carbocycles. The summed E-state index contributed by atoms with van der Waals surface area (Å²) in [5.74, 6) is -1.07. The molecule has 2 heterocycles. The van der Waals surface area contributed by atoms with Gasteiger partial charge in [0.1, 0.15) is 16.9 Å². The summed E-state index contributed by atoms with van der Waals surface area (Å²) in [5.41, 5.74) is 1.78. The Morgan fingerprint density at radius 1 is 1.00 bits per heavy atom. The lowest BCUT2D eigenvalue weighted by Gasteiger charge is -2.26. The molecule has 1 N–H and O–H groups in total. The maximum atomic E-state index is 12.8. The number of anilines is 1. The number of rotatable bonds is 2. The summed E-state index contributed by atoms with van der Waals surface area (Å²) in [5, 5.41) is 3.06. The second-order valence-corrected chi connectivity index (χ2v) is 5.98. The number of benzene rings is 2. The van der Waals surface area contributed by atoms with Gasteiger partial charge < -0.3 is 4.42 Å². The van der Waals surface area contributed by atoms with E-state index in [0.717, 1.165) is 15.8 Å². The topological polar surface area (TPSA) is 79.6 Å². The molecule has 1 aliphatic heterocycles. The van der Waals surface area contributed by atoms with Crippen molar-refractivity contribution in [3.05, 3.63) is 71.5 Å². The maximum Gasteiger partial charge on any atom is 0.335 e. The number of barbiturate groups is 1. The largest absolute Gasteiger partial charge is 0.457 e. The molecule has 0 atom stereocenters. The zero-order valence-corrected chi connectivity index (χ0v) is 13.9. The van der Waals surface area contributed by atoms with Crippen LogP contribution in [0.5, 0.6) is 0 Å². The van der Waals surface area contributed by atoms with E-state index < -0.39 is 17.8 Å². The van der Waals surface area contributed by atoms with E-state index in [1.807, 2.05) is 31.2 Å². The Kier molecular flexibility index (Phi) is 3.65. The van der Waals surface area contributed by atoms with Crippen LogP contribution in [-0.2, 0) is 9.59 Å². The lowest BCUT2D eigenvalue weighted by atomic mass is 10.1. The second-order valence-electron chi connectivity index (χ2n) is 5.98. The number of hydrogen-bond donors (Lipinski definition) is 1. The third kappa shape index (κ3) is 2.67. The number of carbonyl (C=O) groups is 3. The fraction of sp³-hybridized carbons (Fsp3) is 0.0500. The molecule has 1 aliphatic rings. The molecular weight excluding hydrogens is 332 g/mol. The van der Waals surface area contributed by atoms with E-state index in [0.29, 0.717) is 17.0 Å². The molecule has 1 fully saturated rings. The molecule has 3 aromatic rings. The van der Waals surface area contributed by atoms with Gasteiger partial charge >= 0.3 is 6.03 Å². The molecule has 4 amide bonds. The van der Waals surface area contributed by atoms with Crippen molar-refractivity contribution >= 4 is 40.6 Å². The molecule has 1 aromatic heterocycles. The Labute approximate surface area is 148 Å². The van der Waals surface area contributed by atoms with Crippen molar-refractivity contribution in [2.75, 3.05) is 4.90 Å². The molecule has 26 heavy (non-hydrogen) atoms. The number of imide groups is 2. The van der Waals surface area contributed by atoms with E-state index >= 15 is 0 Å². The predicted molar refractivity (Wildman–Crippen MR) is 96.4 cm³/mol. The van der Waals surface area contributed by atoms with Crippen LogP contribution in [0.2, 0.25) is 0 Å². The zero-order chi connectivity index (χ0) is 18.3. The molecule has 4 rings (SSSR count). The third-order valence-electron chi connectivity index (χ3n) is 4.09. The highest BCUT2D eigenvalue weighted by atomic mass is 16.3. The number of aryl methyl sites for hydroxylation is 1. The molecular formula is C20H14N2O4. The van der Waals surface area contributed by atoms with E-state index in [-0.39, 0.29) is 5.57 Å². The van der Waals surface area contributed by atoms with Crippen molar-refractivity contribution in [1.29, 1.82) is 0 Å². The Hall–Kier alpha value is -3.67. The molecule has 0 bridgehead atoms. The number of furan rings is 1. The van der Waals surface area contributed by atoms with Gasteiger partial charge in [0.2, 0.25) is 0 Å². The Balaban J connectivity index is 1.76. The number of urea groups is 1. The van der Waals surface area contributed by atoms with Gasteiger partial charge in [0, 0.05) is 5.39 Å². The van der Waals surface area contributed by atoms with E-state index in [9.17, 15) is 14.4 Å². The van der Waals surface area contributed by atoms with Crippen molar-refractivity contribution in [1.82, 2.24) is 5.32 Å². The minimum atomic E-state index is -0.771. The van der Waals surface area contributed by atoms with Gasteiger partial charge in [-0.1, -0.05) is 30.3 Å². The average molecular weight is 346 g/mol. The molecule has 0 unspecified atom stereocenters. The van der Waals surface area contributed by atoms with E-state index in [2.05, 4.69) is 5.32 Å². The van der Waals surface area contributed by atoms with Crippen LogP contribution in [0.3, 0.4) is 0 Å². The monoisotopic (exact) mass is 346 g/mol. The van der Waals surface area contributed by atoms with Crippen LogP contribution in [0.25, 0.3) is 17.0 Å². The van der Waals surface area contributed by atoms with Gasteiger partial charge in [-0.2, -0.15) is 0 Å². The number of carbonyl (C=O) groups excluding carboxylic acids is 3. The van der Waals surface area contributed by atoms with Crippen LogP contribution in [0, 0.1) is 6.92 Å². The summed E-state index contributed by atoms with van der Waals surface area (Å²) in [4.78, 5) is 38.1. The normalized spacial score (nSPS) is 16.4. The highest BCUT2D eigenvalue weighted by Crippen LogP contribution is 2.25. The molecule has 1 saturated heterocycles. The van der Waals surface area contributed by atoms with Crippen LogP contribution >= 0.6 is 0 Å². The van der Waals surface area contributed by atoms with Gasteiger partial charge in [0.15, 0.2) is 0 Å². The average Bonchev–Trinajstić information content (AvgIpc) is 3.01. The Morgan fingerprint density at radius 2 is 1.81 bits per heavy atom. The van der Waals surface area contributed by atoms with Crippen LogP contribution in [0.1, 0.15) is 11.3 Å². The van der Waals surface area contributed by atoms with Gasteiger partial charge in [-0.05, 0) is 42.8 Å². The first-order valence-electron chi connectivity index (χ1n) is 7.99. The molecule has 128 valence electrons. The van der Waals surface area contributed by atoms with Gasteiger partial charge in [-0.3, -0.25) is 14.9 Å². The maximum absolute atomic E-state index is 12.8. The van der Waals surface area contributed by atoms with Gasteiger partial charge in [-0.25, -0.2) is 9.69 Å². The minimum Gasteiger partial charge on any atom is -0.457 e. The highest BCUT2D eigenvalue weighted by Gasteiger charge is 2.37. The first kappa shape index (κ1) is 15.8. The van der Waals surface area contributed by atoms with Crippen molar-refractivity contribution in [3.8, 4) is 0 Å². The minimum absolute atomic E-state index is 0.162. The summed E-state index contributed by atoms with van der Waals surface area (Å²) < 4.78 is 5.64. The van der Waals surface area contributed by atoms with Crippen LogP contribution < -0.4 is 10.2 Å². The van der Waals surface area contributed by atoms with Crippen molar-refractivity contribution < 1.29 is 18.8 Å². The summed E-state index contributed by atoms with van der Waals surface area (Å²) in [6.45, 7) is 1.85. The number of hydrogen-bond acceptors (Lipinski definition) is 4. The zero-order valence-electron chi connectivity index (χ0n) is 13.9. The van der Waals surface area contributed by atoms with Crippen LogP contribution in [0.4, 0.5) is 10.5 Å². The second kappa shape index (κ2) is 6.00. The SMILES string of the molecule is Cc1cccc(N2C(=O)NC(=O)/C(=C\c3cc4ccccc4o3)C2=O)c1. The molecule has 0 aliphatic carbocycles. The van der Waals surface area contributed by atoms with E-state index in [4.69, 9.17) is 4.42 Å². The first-order valence-corrected chi connectivity index (χ1v) is 7.99. The smallest absolute Gasteiger partial charge is 0.335 e. The highest BCUT2D eigenvalue weighted by molar-refractivity contribution is 6.39. The molecule has 0 radical (unpaired) electrons. The summed E-state index contributed by atoms with van der Waals surface area (Å²) in [6.07, 6.45) is 1.35. The van der Waals surface area contributed by atoms with Crippen LogP contribution in [0.15, 0.2) is 64.6 Å². The molecule has 0 saturated carbocycles. The summed E-state index contributed by atoms with van der Waals surface area (Å²) in [7, 11) is 0. The third-order valence-corrected chi connectivity index (χ3v) is 4.09. The van der Waals surface area contributed by atoms with Crippen molar-refractivity contribution in [3.63, 3.8) is 0 Å². The van der Waals surface area contributed by atoms with Gasteiger partial charge in [-0.15, -0.1) is 0 Å².